The summed E-state index contributed by atoms with van der Waals surface area (Å²) in [6, 6.07) is 9.88. The van der Waals surface area contributed by atoms with E-state index < -0.39 is 24.9 Å². The van der Waals surface area contributed by atoms with Crippen LogP contribution in [0.3, 0.4) is 0 Å². The van der Waals surface area contributed by atoms with E-state index in [-0.39, 0.29) is 17.8 Å². The first-order chi connectivity index (χ1) is 13.3. The van der Waals surface area contributed by atoms with Crippen molar-refractivity contribution in [1.29, 1.82) is 0 Å². The van der Waals surface area contributed by atoms with Crippen molar-refractivity contribution in [3.05, 3.63) is 70.1 Å². The van der Waals surface area contributed by atoms with E-state index in [0.717, 1.165) is 10.9 Å². The van der Waals surface area contributed by atoms with Crippen LogP contribution in [0.1, 0.15) is 11.1 Å². The molecule has 1 aliphatic heterocycles. The summed E-state index contributed by atoms with van der Waals surface area (Å²) in [5.74, 6) is -0.152. The number of rotatable bonds is 3. The number of H-pyrrole nitrogens is 1. The third-order valence-electron chi connectivity index (χ3n) is 4.53. The number of hydrogen-bond donors (Lipinski definition) is 1. The number of carbonyl (C=O) groups is 1. The summed E-state index contributed by atoms with van der Waals surface area (Å²) in [4.78, 5) is 31.2. The van der Waals surface area contributed by atoms with E-state index in [1.54, 1.807) is 12.1 Å². The van der Waals surface area contributed by atoms with Crippen molar-refractivity contribution in [2.24, 2.45) is 0 Å². The molecule has 2 aromatic heterocycles. The molecule has 1 fully saturated rings. The number of pyridine rings is 2. The van der Waals surface area contributed by atoms with Gasteiger partial charge < -0.3 is 9.72 Å². The molecule has 9 heteroatoms. The topological polar surface area (TPSA) is 75.3 Å². The van der Waals surface area contributed by atoms with E-state index in [4.69, 9.17) is 0 Å². The molecule has 144 valence electrons. The number of alkyl halides is 3. The van der Waals surface area contributed by atoms with E-state index in [1.807, 2.05) is 18.2 Å². The van der Waals surface area contributed by atoms with Crippen LogP contribution >= 0.6 is 0 Å². The number of amides is 1. The van der Waals surface area contributed by atoms with Crippen LogP contribution < -0.4 is 10.5 Å². The Balaban J connectivity index is 1.60. The van der Waals surface area contributed by atoms with Gasteiger partial charge in [0, 0.05) is 23.7 Å². The second-order valence-electron chi connectivity index (χ2n) is 6.42. The normalized spacial score (nSPS) is 17.2. The van der Waals surface area contributed by atoms with Gasteiger partial charge in [-0.3, -0.25) is 4.79 Å². The lowest BCUT2D eigenvalue weighted by atomic mass is 10.1. The highest BCUT2D eigenvalue weighted by atomic mass is 19.4. The van der Waals surface area contributed by atoms with Crippen molar-refractivity contribution >= 4 is 22.8 Å². The van der Waals surface area contributed by atoms with Gasteiger partial charge in [0.1, 0.15) is 12.4 Å². The number of ether oxygens (including phenoxy) is 1. The lowest BCUT2D eigenvalue weighted by Crippen LogP contribution is -2.44. The average Bonchev–Trinajstić information content (AvgIpc) is 3.05. The standard InChI is InChI=1S/C19H14F3N3O3/c20-19(21,22)15-10-28-18(27)25(15)16-6-5-11(9-23-16)7-13-8-12-3-1-2-4-14(12)24-17(13)26/h1-6,8-9,15H,7,10H2,(H,24,26). The van der Waals surface area contributed by atoms with E-state index >= 15 is 0 Å². The molecule has 1 N–H and O–H groups in total. The number of carbonyl (C=O) groups excluding carboxylic acids is 1. The summed E-state index contributed by atoms with van der Waals surface area (Å²) in [6.45, 7) is -0.766. The Morgan fingerprint density at radius 2 is 1.96 bits per heavy atom. The molecule has 0 saturated carbocycles. The van der Waals surface area contributed by atoms with Crippen molar-refractivity contribution in [3.63, 3.8) is 0 Å². The number of nitrogens with one attached hydrogen (secondary N) is 1. The highest BCUT2D eigenvalue weighted by molar-refractivity contribution is 5.89. The Morgan fingerprint density at radius 3 is 2.68 bits per heavy atom. The Hall–Kier alpha value is -3.36. The number of anilines is 1. The quantitative estimate of drug-likeness (QED) is 0.745. The lowest BCUT2D eigenvalue weighted by Gasteiger charge is -2.22. The second-order valence-corrected chi connectivity index (χ2v) is 6.42. The summed E-state index contributed by atoms with van der Waals surface area (Å²) >= 11 is 0. The lowest BCUT2D eigenvalue weighted by molar-refractivity contribution is -0.147. The predicted molar refractivity (Wildman–Crippen MR) is 95.3 cm³/mol. The van der Waals surface area contributed by atoms with Crippen LogP contribution in [0.15, 0.2) is 53.5 Å². The van der Waals surface area contributed by atoms with Gasteiger partial charge in [-0.1, -0.05) is 24.3 Å². The molecule has 4 rings (SSSR count). The largest absolute Gasteiger partial charge is 0.447 e. The van der Waals surface area contributed by atoms with Crippen LogP contribution in [-0.2, 0) is 11.2 Å². The van der Waals surface area contributed by atoms with Crippen LogP contribution in [0, 0.1) is 0 Å². The first-order valence-corrected chi connectivity index (χ1v) is 8.41. The smallest absolute Gasteiger partial charge is 0.416 e. The van der Waals surface area contributed by atoms with Gasteiger partial charge in [0.15, 0.2) is 6.04 Å². The molecule has 3 aromatic rings. The average molecular weight is 389 g/mol. The van der Waals surface area contributed by atoms with Gasteiger partial charge in [-0.25, -0.2) is 14.7 Å². The van der Waals surface area contributed by atoms with Crippen molar-refractivity contribution in [3.8, 4) is 0 Å². The van der Waals surface area contributed by atoms with Crippen molar-refractivity contribution in [2.45, 2.75) is 18.6 Å². The summed E-state index contributed by atoms with van der Waals surface area (Å²) in [5, 5.41) is 0.870. The molecular formula is C19H14F3N3O3. The van der Waals surface area contributed by atoms with E-state index in [2.05, 4.69) is 14.7 Å². The minimum absolute atomic E-state index is 0.152. The monoisotopic (exact) mass is 389 g/mol. The van der Waals surface area contributed by atoms with Gasteiger partial charge in [-0.15, -0.1) is 0 Å². The van der Waals surface area contributed by atoms with Crippen molar-refractivity contribution in [2.75, 3.05) is 11.5 Å². The maximum absolute atomic E-state index is 13.1. The molecule has 1 aromatic carbocycles. The maximum Gasteiger partial charge on any atom is 0.416 e. The minimum atomic E-state index is -4.62. The summed E-state index contributed by atoms with van der Waals surface area (Å²) in [6.07, 6.45) is -4.11. The molecule has 1 saturated heterocycles. The van der Waals surface area contributed by atoms with Crippen LogP contribution in [0.25, 0.3) is 10.9 Å². The molecular weight excluding hydrogens is 375 g/mol. The molecule has 0 aliphatic carbocycles. The summed E-state index contributed by atoms with van der Waals surface area (Å²) in [7, 11) is 0. The first-order valence-electron chi connectivity index (χ1n) is 8.41. The number of nitrogens with zero attached hydrogens (tertiary/aromatic N) is 2. The van der Waals surface area contributed by atoms with E-state index in [9.17, 15) is 22.8 Å². The highest BCUT2D eigenvalue weighted by Gasteiger charge is 2.51. The van der Waals surface area contributed by atoms with Crippen LogP contribution in [-0.4, -0.2) is 34.9 Å². The Kier molecular flexibility index (Phi) is 4.29. The number of cyclic esters (lactones) is 1. The summed E-state index contributed by atoms with van der Waals surface area (Å²) in [5.41, 5.74) is 1.60. The Morgan fingerprint density at radius 1 is 1.18 bits per heavy atom. The molecule has 6 nitrogen and oxygen atoms in total. The predicted octanol–water partition coefficient (Wildman–Crippen LogP) is 3.40. The highest BCUT2D eigenvalue weighted by Crippen LogP contribution is 2.32. The third-order valence-corrected chi connectivity index (χ3v) is 4.53. The Bertz CT molecular complexity index is 1090. The first kappa shape index (κ1) is 18.0. The van der Waals surface area contributed by atoms with Gasteiger partial charge in [0.05, 0.1) is 0 Å². The van der Waals surface area contributed by atoms with Crippen LogP contribution in [0.4, 0.5) is 23.8 Å². The number of para-hydroxylation sites is 1. The number of benzene rings is 1. The number of aromatic amines is 1. The van der Waals surface area contributed by atoms with Crippen LogP contribution in [0.2, 0.25) is 0 Å². The molecule has 1 unspecified atom stereocenters. The number of hydrogen-bond acceptors (Lipinski definition) is 4. The molecule has 0 spiro atoms. The fraction of sp³-hybridized carbons (Fsp3) is 0.211. The van der Waals surface area contributed by atoms with E-state index in [1.165, 1.54) is 18.3 Å². The van der Waals surface area contributed by atoms with Gasteiger partial charge in [-0.2, -0.15) is 13.2 Å². The molecule has 0 bridgehead atoms. The van der Waals surface area contributed by atoms with Crippen molar-refractivity contribution in [1.82, 2.24) is 9.97 Å². The fourth-order valence-corrected chi connectivity index (χ4v) is 3.12. The number of halogens is 3. The molecule has 0 radical (unpaired) electrons. The van der Waals surface area contributed by atoms with Gasteiger partial charge in [0.25, 0.3) is 5.56 Å². The molecule has 1 atom stereocenters. The minimum Gasteiger partial charge on any atom is -0.447 e. The zero-order valence-electron chi connectivity index (χ0n) is 14.4. The Labute approximate surface area is 156 Å². The van der Waals surface area contributed by atoms with Gasteiger partial charge in [0.2, 0.25) is 0 Å². The second kappa shape index (κ2) is 6.66. The van der Waals surface area contributed by atoms with E-state index in [0.29, 0.717) is 16.0 Å². The molecule has 1 amide bonds. The zero-order chi connectivity index (χ0) is 19.9. The van der Waals surface area contributed by atoms with Gasteiger partial charge in [-0.05, 0) is 29.1 Å². The SMILES string of the molecule is O=C1OCC(C(F)(F)F)N1c1ccc(Cc2cc3ccccc3[nH]c2=O)cn1. The molecule has 3 heterocycles. The third kappa shape index (κ3) is 3.30. The zero-order valence-corrected chi connectivity index (χ0v) is 14.4. The van der Waals surface area contributed by atoms with Gasteiger partial charge >= 0.3 is 12.3 Å². The summed E-state index contributed by atoms with van der Waals surface area (Å²) < 4.78 is 43.7. The maximum atomic E-state index is 13.1. The molecule has 1 aliphatic rings. The number of fused-ring (bicyclic) bond motifs is 1. The van der Waals surface area contributed by atoms with Crippen molar-refractivity contribution < 1.29 is 22.7 Å². The molecule has 28 heavy (non-hydrogen) atoms. The number of aromatic nitrogens is 2. The fourth-order valence-electron chi connectivity index (χ4n) is 3.12. The van der Waals surface area contributed by atoms with Crippen LogP contribution in [0.5, 0.6) is 0 Å².